The molecule has 2 atom stereocenters. The number of nitrogens with one attached hydrogen (secondary N) is 2. The molecule has 114 valence electrons. The topological polar surface area (TPSA) is 81.6 Å². The number of aliphatic hydroxyl groups is 1. The van der Waals surface area contributed by atoms with E-state index in [0.717, 1.165) is 4.88 Å². The summed E-state index contributed by atoms with van der Waals surface area (Å²) < 4.78 is 0. The second kappa shape index (κ2) is 7.15. The summed E-state index contributed by atoms with van der Waals surface area (Å²) in [6, 6.07) is 7.40. The highest BCUT2D eigenvalue weighted by atomic mass is 32.1. The Morgan fingerprint density at radius 2 is 1.90 bits per heavy atom. The number of aliphatic hydroxyl groups excluding tert-OH is 1. The number of hydrogen-bond acceptors (Lipinski definition) is 6. The number of amides is 1. The van der Waals surface area contributed by atoms with E-state index in [1.165, 1.54) is 21.6 Å². The molecule has 5 nitrogen and oxygen atoms in total. The van der Waals surface area contributed by atoms with E-state index >= 15 is 0 Å². The molecule has 21 heavy (non-hydrogen) atoms. The Labute approximate surface area is 131 Å². The van der Waals surface area contributed by atoms with Crippen LogP contribution >= 0.6 is 22.7 Å². The van der Waals surface area contributed by atoms with E-state index in [9.17, 15) is 9.90 Å². The maximum Gasteiger partial charge on any atom is 0.263 e. The fourth-order valence-electron chi connectivity index (χ4n) is 1.93. The van der Waals surface area contributed by atoms with Gasteiger partial charge in [0.25, 0.3) is 5.91 Å². The minimum absolute atomic E-state index is 0.456. The molecule has 0 bridgehead atoms. The van der Waals surface area contributed by atoms with Crippen molar-refractivity contribution in [2.45, 2.75) is 32.5 Å². The average molecular weight is 326 g/mol. The zero-order valence-corrected chi connectivity index (χ0v) is 13.4. The van der Waals surface area contributed by atoms with Crippen LogP contribution in [0.2, 0.25) is 0 Å². The van der Waals surface area contributed by atoms with Gasteiger partial charge in [-0.1, -0.05) is 0 Å². The largest absolute Gasteiger partial charge is 0.391 e. The summed E-state index contributed by atoms with van der Waals surface area (Å²) in [6.45, 7) is 4.03. The van der Waals surface area contributed by atoms with E-state index in [-0.39, 0.29) is 0 Å². The van der Waals surface area contributed by atoms with Crippen LogP contribution in [0.1, 0.15) is 16.7 Å². The van der Waals surface area contributed by atoms with Crippen molar-refractivity contribution in [3.8, 4) is 9.75 Å². The molecule has 2 aromatic heterocycles. The molecule has 2 rings (SSSR count). The van der Waals surface area contributed by atoms with E-state index in [1.807, 2.05) is 6.07 Å². The zero-order valence-electron chi connectivity index (χ0n) is 11.8. The highest BCUT2D eigenvalue weighted by Gasteiger charge is 2.22. The molecule has 0 aliphatic rings. The minimum atomic E-state index is -0.892. The van der Waals surface area contributed by atoms with Crippen molar-refractivity contribution in [3.05, 3.63) is 34.0 Å². The lowest BCUT2D eigenvalue weighted by molar-refractivity contribution is -0.133. The molecule has 0 spiro atoms. The Hall–Kier alpha value is -1.25. The number of carbonyl (C=O) groups is 1. The lowest BCUT2D eigenvalue weighted by Gasteiger charge is -2.18. The smallest absolute Gasteiger partial charge is 0.263 e. The van der Waals surface area contributed by atoms with Gasteiger partial charge in [-0.15, -0.1) is 22.7 Å². The van der Waals surface area contributed by atoms with E-state index in [1.54, 1.807) is 28.2 Å². The first-order valence-electron chi connectivity index (χ1n) is 6.52. The highest BCUT2D eigenvalue weighted by molar-refractivity contribution is 7.22. The summed E-state index contributed by atoms with van der Waals surface area (Å²) >= 11 is 3.39. The Kier molecular flexibility index (Phi) is 5.49. The van der Waals surface area contributed by atoms with Crippen LogP contribution in [-0.2, 0) is 11.3 Å². The Bertz CT molecular complexity index is 607. The van der Waals surface area contributed by atoms with E-state index < -0.39 is 18.1 Å². The monoisotopic (exact) mass is 326 g/mol. The fraction of sp³-hybridized carbons (Fsp3) is 0.357. The van der Waals surface area contributed by atoms with Gasteiger partial charge < -0.3 is 5.11 Å². The summed E-state index contributed by atoms with van der Waals surface area (Å²) in [7, 11) is 0. The molecule has 0 saturated carbocycles. The molecule has 0 aromatic carbocycles. The summed E-state index contributed by atoms with van der Waals surface area (Å²) in [5, 5.41) is 21.2. The molecule has 0 saturated heterocycles. The van der Waals surface area contributed by atoms with Crippen molar-refractivity contribution in [1.29, 1.82) is 0 Å². The third kappa shape index (κ3) is 4.12. The predicted octanol–water partition coefficient (Wildman–Crippen LogP) is 2.13. The zero-order chi connectivity index (χ0) is 15.4. The number of thiophene rings is 2. The van der Waals surface area contributed by atoms with Crippen molar-refractivity contribution in [2.75, 3.05) is 0 Å². The summed E-state index contributed by atoms with van der Waals surface area (Å²) in [4.78, 5) is 16.2. The van der Waals surface area contributed by atoms with Crippen LogP contribution in [0.3, 0.4) is 0 Å². The molecule has 0 aliphatic heterocycles. The molecule has 0 radical (unpaired) electrons. The van der Waals surface area contributed by atoms with Crippen molar-refractivity contribution in [1.82, 2.24) is 10.8 Å². The molecule has 0 fully saturated rings. The van der Waals surface area contributed by atoms with Gasteiger partial charge in [0, 0.05) is 26.1 Å². The minimum Gasteiger partial charge on any atom is -0.391 e. The van der Waals surface area contributed by atoms with Gasteiger partial charge in [-0.25, -0.2) is 5.48 Å². The molecular weight excluding hydrogens is 308 g/mol. The van der Waals surface area contributed by atoms with Gasteiger partial charge in [0.2, 0.25) is 0 Å². The molecule has 2 aromatic rings. The lowest BCUT2D eigenvalue weighted by Crippen LogP contribution is -2.49. The van der Waals surface area contributed by atoms with Gasteiger partial charge in [-0.3, -0.25) is 15.3 Å². The molecule has 1 amide bonds. The summed E-state index contributed by atoms with van der Waals surface area (Å²) in [6.07, 6.45) is -0.892. The third-order valence-electron chi connectivity index (χ3n) is 3.02. The SMILES string of the molecule is Cc1ccc(-c2ccc(CNC(C(=O)NO)C(C)O)s2)s1. The number of hydroxylamine groups is 1. The van der Waals surface area contributed by atoms with Gasteiger partial charge in [-0.05, 0) is 38.1 Å². The predicted molar refractivity (Wildman–Crippen MR) is 84.6 cm³/mol. The van der Waals surface area contributed by atoms with Gasteiger partial charge in [0.1, 0.15) is 6.04 Å². The second-order valence-electron chi connectivity index (χ2n) is 4.75. The standard InChI is InChI=1S/C14H18N2O3S2/c1-8-3-5-11(20-8)12-6-4-10(21-12)7-15-13(9(2)17)14(18)16-19/h3-6,9,13,15,17,19H,7H2,1-2H3,(H,16,18). The van der Waals surface area contributed by atoms with Gasteiger partial charge in [0.05, 0.1) is 6.10 Å². The van der Waals surface area contributed by atoms with Crippen LogP contribution in [0.15, 0.2) is 24.3 Å². The maximum atomic E-state index is 11.4. The van der Waals surface area contributed by atoms with Crippen LogP contribution in [0.5, 0.6) is 0 Å². The second-order valence-corrected chi connectivity index (χ2v) is 7.21. The lowest BCUT2D eigenvalue weighted by atomic mass is 10.1. The van der Waals surface area contributed by atoms with E-state index in [4.69, 9.17) is 5.21 Å². The number of carbonyl (C=O) groups excluding carboxylic acids is 1. The number of rotatable bonds is 6. The Morgan fingerprint density at radius 1 is 1.24 bits per heavy atom. The average Bonchev–Trinajstić information content (AvgIpc) is 3.07. The molecule has 0 aliphatic carbocycles. The van der Waals surface area contributed by atoms with Gasteiger partial charge in [-0.2, -0.15) is 0 Å². The Balaban J connectivity index is 2.00. The normalized spacial score (nSPS) is 13.9. The van der Waals surface area contributed by atoms with Gasteiger partial charge in [0.15, 0.2) is 0 Å². The molecule has 2 heterocycles. The van der Waals surface area contributed by atoms with Crippen molar-refractivity contribution in [2.24, 2.45) is 0 Å². The molecule has 7 heteroatoms. The van der Waals surface area contributed by atoms with E-state index in [2.05, 4.69) is 30.4 Å². The van der Waals surface area contributed by atoms with Crippen molar-refractivity contribution < 1.29 is 15.1 Å². The van der Waals surface area contributed by atoms with Crippen LogP contribution in [0, 0.1) is 6.92 Å². The van der Waals surface area contributed by atoms with E-state index in [0.29, 0.717) is 6.54 Å². The van der Waals surface area contributed by atoms with Crippen molar-refractivity contribution in [3.63, 3.8) is 0 Å². The Morgan fingerprint density at radius 3 is 2.48 bits per heavy atom. The summed E-state index contributed by atoms with van der Waals surface area (Å²) in [5.74, 6) is -0.643. The van der Waals surface area contributed by atoms with Crippen LogP contribution in [0.25, 0.3) is 9.75 Å². The molecule has 2 unspecified atom stereocenters. The number of hydrogen-bond donors (Lipinski definition) is 4. The highest BCUT2D eigenvalue weighted by Crippen LogP contribution is 2.33. The maximum absolute atomic E-state index is 11.4. The number of aryl methyl sites for hydroxylation is 1. The van der Waals surface area contributed by atoms with Crippen LogP contribution in [-0.4, -0.2) is 28.4 Å². The van der Waals surface area contributed by atoms with Crippen LogP contribution < -0.4 is 10.8 Å². The first kappa shape index (κ1) is 16.1. The van der Waals surface area contributed by atoms with Crippen LogP contribution in [0.4, 0.5) is 0 Å². The molecular formula is C14H18N2O3S2. The quantitative estimate of drug-likeness (QED) is 0.484. The van der Waals surface area contributed by atoms with Gasteiger partial charge >= 0.3 is 0 Å². The first-order chi connectivity index (χ1) is 10.0. The fourth-order valence-corrected chi connectivity index (χ4v) is 3.85. The summed E-state index contributed by atoms with van der Waals surface area (Å²) in [5.41, 5.74) is 1.56. The first-order valence-corrected chi connectivity index (χ1v) is 8.15. The third-order valence-corrected chi connectivity index (χ3v) is 5.30. The van der Waals surface area contributed by atoms with Crippen molar-refractivity contribution >= 4 is 28.6 Å². The molecule has 4 N–H and O–H groups in total.